The Kier molecular flexibility index (Phi) is 14.8. The lowest BCUT2D eigenvalue weighted by molar-refractivity contribution is -0.192. The first kappa shape index (κ1) is 32.3. The molecule has 2 amide bonds. The van der Waals surface area contributed by atoms with Gasteiger partial charge >= 0.3 is 24.0 Å². The highest BCUT2D eigenvalue weighted by Gasteiger charge is 2.38. The van der Waals surface area contributed by atoms with Crippen LogP contribution in [0.25, 0.3) is 0 Å². The molecule has 210 valence electrons. The highest BCUT2D eigenvalue weighted by Crippen LogP contribution is 2.18. The maximum atomic E-state index is 12.1. The molecule has 1 aliphatic heterocycles. The maximum absolute atomic E-state index is 12.1. The number of carbonyl (C=O) groups is 3. The number of rotatable bonds is 11. The van der Waals surface area contributed by atoms with Crippen molar-refractivity contribution in [3.8, 4) is 0 Å². The molecule has 37 heavy (non-hydrogen) atoms. The van der Waals surface area contributed by atoms with E-state index in [0.717, 1.165) is 57.0 Å². The van der Waals surface area contributed by atoms with Crippen LogP contribution in [0.1, 0.15) is 43.7 Å². The standard InChI is InChI=1S/C23H39N5O2.C2HF3O2/c1-19-8-14-28(15-9-19)18-21-7-3-6-20(16-21)17-26-23(30)22(29)25-11-5-13-27(2)12-4-10-24;3-2(4,5)1(6)7/h3,6-7,16,19H,4-5,8-15,17-18,24H2,1-2H3,(H,25,29)(H,26,30);(H,6,7). The van der Waals surface area contributed by atoms with E-state index in [4.69, 9.17) is 15.6 Å². The van der Waals surface area contributed by atoms with Crippen LogP contribution < -0.4 is 16.4 Å². The zero-order chi connectivity index (χ0) is 27.8. The zero-order valence-corrected chi connectivity index (χ0v) is 21.6. The molecular weight excluding hydrogens is 491 g/mol. The van der Waals surface area contributed by atoms with Crippen LogP contribution in [0.4, 0.5) is 13.2 Å². The topological polar surface area (TPSA) is 128 Å². The van der Waals surface area contributed by atoms with Crippen LogP contribution in [0.3, 0.4) is 0 Å². The molecule has 5 N–H and O–H groups in total. The molecule has 0 bridgehead atoms. The smallest absolute Gasteiger partial charge is 0.475 e. The third kappa shape index (κ3) is 14.6. The van der Waals surface area contributed by atoms with E-state index in [1.54, 1.807) is 0 Å². The average Bonchev–Trinajstić information content (AvgIpc) is 2.85. The molecule has 0 unspecified atom stereocenters. The molecule has 0 spiro atoms. The number of nitrogens with zero attached hydrogens (tertiary/aromatic N) is 2. The first-order chi connectivity index (χ1) is 17.4. The summed E-state index contributed by atoms with van der Waals surface area (Å²) in [5, 5.41) is 12.5. The second kappa shape index (κ2) is 16.9. The Morgan fingerprint density at radius 1 is 1.08 bits per heavy atom. The minimum absolute atomic E-state index is 0.360. The molecule has 0 atom stereocenters. The summed E-state index contributed by atoms with van der Waals surface area (Å²) >= 11 is 0. The lowest BCUT2D eigenvalue weighted by Crippen LogP contribution is -2.40. The van der Waals surface area contributed by atoms with E-state index in [1.807, 2.05) is 19.2 Å². The Hall–Kier alpha value is -2.70. The van der Waals surface area contributed by atoms with Gasteiger partial charge in [-0.15, -0.1) is 0 Å². The van der Waals surface area contributed by atoms with Gasteiger partial charge in [0.2, 0.25) is 0 Å². The van der Waals surface area contributed by atoms with Gasteiger partial charge in [0.25, 0.3) is 0 Å². The van der Waals surface area contributed by atoms with Gasteiger partial charge in [-0.1, -0.05) is 31.2 Å². The lowest BCUT2D eigenvalue weighted by atomic mass is 9.98. The SMILES string of the molecule is CC1CCN(Cc2cccc(CNC(=O)C(=O)NCCCN(C)CCCN)c2)CC1.O=C(O)C(F)(F)F. The third-order valence-electron chi connectivity index (χ3n) is 5.92. The Morgan fingerprint density at radius 2 is 1.65 bits per heavy atom. The van der Waals surface area contributed by atoms with Crippen molar-refractivity contribution in [2.75, 3.05) is 46.3 Å². The van der Waals surface area contributed by atoms with Crippen LogP contribution >= 0.6 is 0 Å². The predicted octanol–water partition coefficient (Wildman–Crippen LogP) is 1.95. The van der Waals surface area contributed by atoms with E-state index in [1.165, 1.54) is 18.4 Å². The molecule has 1 saturated heterocycles. The molecule has 9 nitrogen and oxygen atoms in total. The number of benzene rings is 1. The van der Waals surface area contributed by atoms with Crippen LogP contribution in [0.2, 0.25) is 0 Å². The Labute approximate surface area is 216 Å². The molecule has 0 aromatic heterocycles. The van der Waals surface area contributed by atoms with E-state index in [0.29, 0.717) is 19.6 Å². The summed E-state index contributed by atoms with van der Waals surface area (Å²) in [5.41, 5.74) is 7.76. The molecule has 1 aliphatic rings. The first-order valence-electron chi connectivity index (χ1n) is 12.5. The number of hydrogen-bond donors (Lipinski definition) is 4. The summed E-state index contributed by atoms with van der Waals surface area (Å²) in [6.07, 6.45) is -0.801. The van der Waals surface area contributed by atoms with Gasteiger partial charge in [-0.3, -0.25) is 14.5 Å². The molecule has 1 heterocycles. The Bertz CT molecular complexity index is 846. The van der Waals surface area contributed by atoms with Gasteiger partial charge in [-0.25, -0.2) is 4.79 Å². The molecule has 1 aromatic carbocycles. The number of piperidine rings is 1. The first-order valence-corrected chi connectivity index (χ1v) is 12.5. The van der Waals surface area contributed by atoms with Crippen LogP contribution in [0, 0.1) is 5.92 Å². The van der Waals surface area contributed by atoms with Crippen LogP contribution in [-0.4, -0.2) is 85.2 Å². The maximum Gasteiger partial charge on any atom is 0.490 e. The molecule has 1 fully saturated rings. The number of nitrogens with two attached hydrogens (primary N) is 1. The quantitative estimate of drug-likeness (QED) is 0.254. The molecular formula is C25H40F3N5O4. The summed E-state index contributed by atoms with van der Waals surface area (Å²) in [6.45, 7) is 8.89. The summed E-state index contributed by atoms with van der Waals surface area (Å²) in [7, 11) is 2.03. The Balaban J connectivity index is 0.000000856. The van der Waals surface area contributed by atoms with Crippen LogP contribution in [-0.2, 0) is 27.5 Å². The summed E-state index contributed by atoms with van der Waals surface area (Å²) < 4.78 is 31.7. The predicted molar refractivity (Wildman–Crippen MR) is 134 cm³/mol. The summed E-state index contributed by atoms with van der Waals surface area (Å²) in [6, 6.07) is 8.25. The number of carboxylic acids is 1. The molecule has 0 radical (unpaired) electrons. The fourth-order valence-corrected chi connectivity index (χ4v) is 3.68. The second-order valence-corrected chi connectivity index (χ2v) is 9.32. The number of hydrogen-bond acceptors (Lipinski definition) is 6. The number of carbonyl (C=O) groups excluding carboxylic acids is 2. The van der Waals surface area contributed by atoms with Crippen molar-refractivity contribution in [3.05, 3.63) is 35.4 Å². The highest BCUT2D eigenvalue weighted by atomic mass is 19.4. The van der Waals surface area contributed by atoms with Crippen molar-refractivity contribution in [1.82, 2.24) is 20.4 Å². The molecule has 2 rings (SSSR count). The van der Waals surface area contributed by atoms with Crippen molar-refractivity contribution >= 4 is 17.8 Å². The van der Waals surface area contributed by atoms with Gasteiger partial charge in [-0.05, 0) is 82.5 Å². The van der Waals surface area contributed by atoms with Gasteiger partial charge in [0.15, 0.2) is 0 Å². The fraction of sp³-hybridized carbons (Fsp3) is 0.640. The molecule has 0 saturated carbocycles. The van der Waals surface area contributed by atoms with Crippen LogP contribution in [0.15, 0.2) is 24.3 Å². The van der Waals surface area contributed by atoms with Crippen molar-refractivity contribution in [3.63, 3.8) is 0 Å². The second-order valence-electron chi connectivity index (χ2n) is 9.32. The minimum atomic E-state index is -5.08. The Morgan fingerprint density at radius 3 is 2.24 bits per heavy atom. The highest BCUT2D eigenvalue weighted by molar-refractivity contribution is 6.35. The van der Waals surface area contributed by atoms with Gasteiger partial charge in [0.1, 0.15) is 0 Å². The third-order valence-corrected chi connectivity index (χ3v) is 5.92. The van der Waals surface area contributed by atoms with E-state index in [-0.39, 0.29) is 0 Å². The zero-order valence-electron chi connectivity index (χ0n) is 21.6. The number of halogens is 3. The van der Waals surface area contributed by atoms with E-state index in [2.05, 4.69) is 39.5 Å². The number of aliphatic carboxylic acids is 1. The average molecular weight is 532 g/mol. The van der Waals surface area contributed by atoms with Crippen molar-refractivity contribution in [1.29, 1.82) is 0 Å². The van der Waals surface area contributed by atoms with Crippen LogP contribution in [0.5, 0.6) is 0 Å². The summed E-state index contributed by atoms with van der Waals surface area (Å²) in [5.74, 6) is -3.08. The summed E-state index contributed by atoms with van der Waals surface area (Å²) in [4.78, 5) is 37.6. The van der Waals surface area contributed by atoms with Gasteiger partial charge in [0.05, 0.1) is 0 Å². The molecule has 0 aliphatic carbocycles. The van der Waals surface area contributed by atoms with E-state index < -0.39 is 24.0 Å². The largest absolute Gasteiger partial charge is 0.490 e. The normalized spacial score (nSPS) is 14.6. The number of amides is 2. The van der Waals surface area contributed by atoms with Crippen molar-refractivity contribution in [2.24, 2.45) is 11.7 Å². The van der Waals surface area contributed by atoms with Gasteiger partial charge in [-0.2, -0.15) is 13.2 Å². The minimum Gasteiger partial charge on any atom is -0.475 e. The molecule has 12 heteroatoms. The number of alkyl halides is 3. The number of likely N-dealkylation sites (tertiary alicyclic amines) is 1. The number of nitrogens with one attached hydrogen (secondary N) is 2. The van der Waals surface area contributed by atoms with Gasteiger partial charge < -0.3 is 26.4 Å². The lowest BCUT2D eigenvalue weighted by Gasteiger charge is -2.30. The monoisotopic (exact) mass is 531 g/mol. The molecule has 1 aromatic rings. The van der Waals surface area contributed by atoms with E-state index >= 15 is 0 Å². The fourth-order valence-electron chi connectivity index (χ4n) is 3.68. The van der Waals surface area contributed by atoms with Crippen molar-refractivity contribution in [2.45, 2.75) is 51.9 Å². The van der Waals surface area contributed by atoms with Crippen molar-refractivity contribution < 1.29 is 32.7 Å². The van der Waals surface area contributed by atoms with E-state index in [9.17, 15) is 22.8 Å². The van der Waals surface area contributed by atoms with Gasteiger partial charge in [0, 0.05) is 19.6 Å². The number of carboxylic acid groups (broad SMARTS) is 1.